The Hall–Kier alpha value is -0.880. The molecule has 1 aliphatic carbocycles. The molecule has 0 N–H and O–H groups in total. The molecular weight excluding hydrogens is 326 g/mol. The van der Waals surface area contributed by atoms with Gasteiger partial charge in [0.25, 0.3) is 0 Å². The highest BCUT2D eigenvalue weighted by atomic mass is 35.5. The number of rotatable bonds is 5. The molecular formula is C15H16ClNO2S2. The van der Waals surface area contributed by atoms with E-state index in [1.54, 1.807) is 40.8 Å². The Morgan fingerprint density at radius 3 is 2.71 bits per heavy atom. The molecule has 2 aromatic rings. The van der Waals surface area contributed by atoms with Crippen molar-refractivity contribution in [2.45, 2.75) is 37.2 Å². The highest BCUT2D eigenvalue weighted by molar-refractivity contribution is 7.89. The molecule has 1 fully saturated rings. The van der Waals surface area contributed by atoms with Gasteiger partial charge in [-0.2, -0.15) is 15.6 Å². The molecule has 0 atom stereocenters. The fourth-order valence-corrected chi connectivity index (χ4v) is 5.14. The molecule has 0 bridgehead atoms. The molecule has 3 rings (SSSR count). The van der Waals surface area contributed by atoms with Crippen LogP contribution in [0.3, 0.4) is 0 Å². The Morgan fingerprint density at radius 1 is 1.33 bits per heavy atom. The van der Waals surface area contributed by atoms with Crippen LogP contribution in [0.2, 0.25) is 5.02 Å². The van der Waals surface area contributed by atoms with Crippen molar-refractivity contribution in [2.75, 3.05) is 0 Å². The summed E-state index contributed by atoms with van der Waals surface area (Å²) in [5, 5.41) is 4.45. The zero-order chi connectivity index (χ0) is 15.0. The summed E-state index contributed by atoms with van der Waals surface area (Å²) in [5.74, 6) is 0. The van der Waals surface area contributed by atoms with Gasteiger partial charge in [-0.15, -0.1) is 0 Å². The van der Waals surface area contributed by atoms with Crippen LogP contribution in [-0.4, -0.2) is 18.8 Å². The largest absolute Gasteiger partial charge is 0.243 e. The van der Waals surface area contributed by atoms with E-state index in [0.29, 0.717) is 22.0 Å². The van der Waals surface area contributed by atoms with Gasteiger partial charge in [0.05, 0.1) is 4.90 Å². The molecule has 0 saturated heterocycles. The lowest BCUT2D eigenvalue weighted by molar-refractivity contribution is 0.399. The first-order valence-electron chi connectivity index (χ1n) is 6.78. The van der Waals surface area contributed by atoms with Crippen LogP contribution in [0.25, 0.3) is 0 Å². The second kappa shape index (κ2) is 5.72. The molecule has 112 valence electrons. The van der Waals surface area contributed by atoms with Crippen LogP contribution < -0.4 is 0 Å². The third-order valence-electron chi connectivity index (χ3n) is 3.68. The summed E-state index contributed by atoms with van der Waals surface area (Å²) in [6, 6.07) is 7.14. The van der Waals surface area contributed by atoms with Crippen LogP contribution in [0.4, 0.5) is 0 Å². The van der Waals surface area contributed by atoms with Gasteiger partial charge in [-0.1, -0.05) is 17.7 Å². The van der Waals surface area contributed by atoms with Crippen molar-refractivity contribution < 1.29 is 8.42 Å². The molecule has 1 aromatic heterocycles. The van der Waals surface area contributed by atoms with Crippen LogP contribution in [0, 0.1) is 6.92 Å². The van der Waals surface area contributed by atoms with Gasteiger partial charge in [0.15, 0.2) is 0 Å². The zero-order valence-electron chi connectivity index (χ0n) is 11.6. The van der Waals surface area contributed by atoms with Gasteiger partial charge in [-0.3, -0.25) is 0 Å². The van der Waals surface area contributed by atoms with Crippen LogP contribution in [0.1, 0.15) is 24.0 Å². The van der Waals surface area contributed by atoms with Gasteiger partial charge in [-0.05, 0) is 59.9 Å². The lowest BCUT2D eigenvalue weighted by Crippen LogP contribution is -2.33. The number of benzene rings is 1. The Kier molecular flexibility index (Phi) is 4.10. The quantitative estimate of drug-likeness (QED) is 0.822. The molecule has 6 heteroatoms. The smallest absolute Gasteiger partial charge is 0.207 e. The number of hydrogen-bond donors (Lipinski definition) is 0. The minimum atomic E-state index is -3.51. The van der Waals surface area contributed by atoms with Crippen LogP contribution >= 0.6 is 22.9 Å². The summed E-state index contributed by atoms with van der Waals surface area (Å²) >= 11 is 7.66. The second-order valence-corrected chi connectivity index (χ2v) is 8.32. The molecule has 0 aliphatic heterocycles. The van der Waals surface area contributed by atoms with E-state index in [4.69, 9.17) is 11.6 Å². The number of nitrogens with zero attached hydrogens (tertiary/aromatic N) is 1. The minimum Gasteiger partial charge on any atom is -0.207 e. The maximum Gasteiger partial charge on any atom is 0.243 e. The lowest BCUT2D eigenvalue weighted by atomic mass is 10.2. The first kappa shape index (κ1) is 15.0. The topological polar surface area (TPSA) is 37.4 Å². The van der Waals surface area contributed by atoms with E-state index < -0.39 is 10.0 Å². The lowest BCUT2D eigenvalue weighted by Gasteiger charge is -2.22. The Bertz CT molecular complexity index is 737. The van der Waals surface area contributed by atoms with Gasteiger partial charge >= 0.3 is 0 Å². The molecule has 0 unspecified atom stereocenters. The minimum absolute atomic E-state index is 0.119. The molecule has 0 radical (unpaired) electrons. The van der Waals surface area contributed by atoms with E-state index in [1.807, 2.05) is 16.8 Å². The maximum atomic E-state index is 13.0. The molecule has 1 saturated carbocycles. The van der Waals surface area contributed by atoms with Crippen molar-refractivity contribution in [1.29, 1.82) is 0 Å². The van der Waals surface area contributed by atoms with Gasteiger partial charge in [0.2, 0.25) is 10.0 Å². The molecule has 3 nitrogen and oxygen atoms in total. The van der Waals surface area contributed by atoms with E-state index >= 15 is 0 Å². The highest BCUT2D eigenvalue weighted by Gasteiger charge is 2.38. The Labute approximate surface area is 134 Å². The molecule has 1 heterocycles. The normalized spacial score (nSPS) is 15.6. The van der Waals surface area contributed by atoms with Crippen molar-refractivity contribution in [3.63, 3.8) is 0 Å². The predicted molar refractivity (Wildman–Crippen MR) is 86.3 cm³/mol. The fourth-order valence-electron chi connectivity index (χ4n) is 2.33. The average Bonchev–Trinajstić information content (AvgIpc) is 3.15. The number of thiophene rings is 1. The predicted octanol–water partition coefficient (Wildman–Crippen LogP) is 4.06. The highest BCUT2D eigenvalue weighted by Crippen LogP contribution is 2.35. The van der Waals surface area contributed by atoms with Crippen molar-refractivity contribution in [3.8, 4) is 0 Å². The molecule has 1 aliphatic rings. The van der Waals surface area contributed by atoms with E-state index in [-0.39, 0.29) is 6.04 Å². The van der Waals surface area contributed by atoms with E-state index in [1.165, 1.54) is 0 Å². The van der Waals surface area contributed by atoms with Gasteiger partial charge in [0.1, 0.15) is 0 Å². The van der Waals surface area contributed by atoms with Gasteiger partial charge in [-0.25, -0.2) is 8.42 Å². The standard InChI is InChI=1S/C15H16ClNO2S2/c1-11-14(16)3-2-4-15(11)21(18,19)17(13-5-6-13)9-12-7-8-20-10-12/h2-4,7-8,10,13H,5-6,9H2,1H3. The summed E-state index contributed by atoms with van der Waals surface area (Å²) in [7, 11) is -3.51. The third-order valence-corrected chi connectivity index (χ3v) is 6.86. The summed E-state index contributed by atoms with van der Waals surface area (Å²) in [4.78, 5) is 0.317. The monoisotopic (exact) mass is 341 g/mol. The van der Waals surface area contributed by atoms with Crippen molar-refractivity contribution in [1.82, 2.24) is 4.31 Å². The third kappa shape index (κ3) is 3.01. The molecule has 0 spiro atoms. The van der Waals surface area contributed by atoms with Gasteiger partial charge < -0.3 is 0 Å². The molecule has 0 amide bonds. The first-order chi connectivity index (χ1) is 10.00. The van der Waals surface area contributed by atoms with Crippen molar-refractivity contribution >= 4 is 33.0 Å². The Balaban J connectivity index is 1.99. The number of sulfonamides is 1. The van der Waals surface area contributed by atoms with Crippen LogP contribution in [-0.2, 0) is 16.6 Å². The average molecular weight is 342 g/mol. The fraction of sp³-hybridized carbons (Fsp3) is 0.333. The van der Waals surface area contributed by atoms with Gasteiger partial charge in [0, 0.05) is 17.6 Å². The number of halogens is 1. The van der Waals surface area contributed by atoms with E-state index in [2.05, 4.69) is 0 Å². The van der Waals surface area contributed by atoms with Crippen LogP contribution in [0.5, 0.6) is 0 Å². The van der Waals surface area contributed by atoms with Crippen molar-refractivity contribution in [2.24, 2.45) is 0 Å². The Morgan fingerprint density at radius 2 is 2.10 bits per heavy atom. The summed E-state index contributed by atoms with van der Waals surface area (Å²) in [5.41, 5.74) is 1.66. The summed E-state index contributed by atoms with van der Waals surface area (Å²) in [6.45, 7) is 2.19. The summed E-state index contributed by atoms with van der Waals surface area (Å²) in [6.07, 6.45) is 1.87. The van der Waals surface area contributed by atoms with Crippen molar-refractivity contribution in [3.05, 3.63) is 51.2 Å². The number of hydrogen-bond acceptors (Lipinski definition) is 3. The van der Waals surface area contributed by atoms with E-state index in [9.17, 15) is 8.42 Å². The zero-order valence-corrected chi connectivity index (χ0v) is 14.0. The van der Waals surface area contributed by atoms with E-state index in [0.717, 1.165) is 18.4 Å². The first-order valence-corrected chi connectivity index (χ1v) is 9.54. The molecule has 1 aromatic carbocycles. The van der Waals surface area contributed by atoms with Crippen LogP contribution in [0.15, 0.2) is 39.9 Å². The summed E-state index contributed by atoms with van der Waals surface area (Å²) < 4.78 is 27.6. The molecule has 21 heavy (non-hydrogen) atoms. The maximum absolute atomic E-state index is 13.0. The second-order valence-electron chi connectivity index (χ2n) is 5.28. The SMILES string of the molecule is Cc1c(Cl)cccc1S(=O)(=O)N(Cc1ccsc1)C1CC1.